The summed E-state index contributed by atoms with van der Waals surface area (Å²) in [5.41, 5.74) is 2.73. The van der Waals surface area contributed by atoms with Crippen LogP contribution in [0, 0.1) is 12.7 Å². The van der Waals surface area contributed by atoms with Crippen LogP contribution in [0.2, 0.25) is 0 Å². The molecule has 0 unspecified atom stereocenters. The molecule has 0 saturated heterocycles. The van der Waals surface area contributed by atoms with Gasteiger partial charge < -0.3 is 10.4 Å². The van der Waals surface area contributed by atoms with E-state index in [0.717, 1.165) is 6.20 Å². The first-order chi connectivity index (χ1) is 13.2. The molecule has 2 aromatic rings. The van der Waals surface area contributed by atoms with Crippen molar-refractivity contribution in [3.8, 4) is 0 Å². The van der Waals surface area contributed by atoms with Crippen LogP contribution < -0.4 is 10.0 Å². The minimum Gasteiger partial charge on any atom is -0.395 e. The molecule has 3 N–H and O–H groups in total. The van der Waals surface area contributed by atoms with E-state index >= 15 is 0 Å². The molecule has 0 aliphatic carbocycles. The number of nitrogens with zero attached hydrogens (tertiary/aromatic N) is 1. The largest absolute Gasteiger partial charge is 0.395 e. The van der Waals surface area contributed by atoms with E-state index in [9.17, 15) is 12.8 Å². The van der Waals surface area contributed by atoms with Crippen molar-refractivity contribution in [1.82, 2.24) is 15.0 Å². The van der Waals surface area contributed by atoms with Crippen molar-refractivity contribution in [3.63, 3.8) is 0 Å². The number of aliphatic hydroxyl groups is 1. The standard InChI is InChI=1S/C19H21ClFN3O3S/c1-12-10-16(28(26,27)23-8-9-25)5-6-17(12)19(13(2)20)24-14(3)18-7-4-15(21)11-22-18/h4-7,10-11,23-25H,3,8-9H2,1-2H3/b19-13+. The first-order valence-electron chi connectivity index (χ1n) is 8.31. The second kappa shape index (κ2) is 9.29. The highest BCUT2D eigenvalue weighted by Crippen LogP contribution is 2.26. The lowest BCUT2D eigenvalue weighted by molar-refractivity contribution is 0.301. The second-order valence-electron chi connectivity index (χ2n) is 5.97. The van der Waals surface area contributed by atoms with Crippen LogP contribution >= 0.6 is 11.6 Å². The fourth-order valence-electron chi connectivity index (χ4n) is 2.46. The molecule has 0 bridgehead atoms. The van der Waals surface area contributed by atoms with Gasteiger partial charge in [-0.2, -0.15) is 0 Å². The Labute approximate surface area is 168 Å². The SMILES string of the molecule is C=C(N/C(=C(\C)Cl)c1ccc(S(=O)(=O)NCCO)cc1C)c1ccc(F)cn1. The number of halogens is 2. The van der Waals surface area contributed by atoms with Gasteiger partial charge in [-0.15, -0.1) is 0 Å². The summed E-state index contributed by atoms with van der Waals surface area (Å²) in [7, 11) is -3.72. The van der Waals surface area contributed by atoms with Gasteiger partial charge in [0.2, 0.25) is 10.0 Å². The van der Waals surface area contributed by atoms with E-state index in [4.69, 9.17) is 16.7 Å². The van der Waals surface area contributed by atoms with Crippen LogP contribution in [-0.2, 0) is 10.0 Å². The topological polar surface area (TPSA) is 91.3 Å². The zero-order valence-corrected chi connectivity index (χ0v) is 17.0. The molecule has 1 heterocycles. The molecule has 6 nitrogen and oxygen atoms in total. The van der Waals surface area contributed by atoms with E-state index in [1.807, 2.05) is 0 Å². The molecule has 0 amide bonds. The number of hydrogen-bond acceptors (Lipinski definition) is 5. The summed E-state index contributed by atoms with van der Waals surface area (Å²) in [6.07, 6.45) is 1.09. The van der Waals surface area contributed by atoms with Crippen molar-refractivity contribution < 1.29 is 17.9 Å². The minimum atomic E-state index is -3.72. The van der Waals surface area contributed by atoms with Gasteiger partial charge in [0.1, 0.15) is 5.82 Å². The summed E-state index contributed by atoms with van der Waals surface area (Å²) in [6.45, 7) is 6.98. The fraction of sp³-hybridized carbons (Fsp3) is 0.211. The van der Waals surface area contributed by atoms with Gasteiger partial charge in [0.25, 0.3) is 0 Å². The average molecular weight is 426 g/mol. The van der Waals surface area contributed by atoms with Crippen LogP contribution in [0.4, 0.5) is 4.39 Å². The minimum absolute atomic E-state index is 0.0683. The van der Waals surface area contributed by atoms with Gasteiger partial charge in [-0.3, -0.25) is 4.98 Å². The van der Waals surface area contributed by atoms with Crippen LogP contribution in [0.5, 0.6) is 0 Å². The summed E-state index contributed by atoms with van der Waals surface area (Å²) in [4.78, 5) is 4.05. The van der Waals surface area contributed by atoms with Crippen LogP contribution in [0.3, 0.4) is 0 Å². The zero-order valence-electron chi connectivity index (χ0n) is 15.5. The molecule has 0 atom stereocenters. The monoisotopic (exact) mass is 425 g/mol. The summed E-state index contributed by atoms with van der Waals surface area (Å²) in [6, 6.07) is 7.35. The van der Waals surface area contributed by atoms with E-state index in [1.54, 1.807) is 19.9 Å². The third-order valence-corrected chi connectivity index (χ3v) is 5.49. The number of aryl methyl sites for hydroxylation is 1. The lowest BCUT2D eigenvalue weighted by Crippen LogP contribution is -2.26. The molecule has 0 saturated carbocycles. The highest BCUT2D eigenvalue weighted by Gasteiger charge is 2.17. The number of sulfonamides is 1. The van der Waals surface area contributed by atoms with Crippen molar-refractivity contribution >= 4 is 33.0 Å². The lowest BCUT2D eigenvalue weighted by Gasteiger charge is -2.17. The maximum absolute atomic E-state index is 13.1. The Bertz CT molecular complexity index is 1000. The molecule has 0 fully saturated rings. The Kier molecular flexibility index (Phi) is 7.31. The number of aliphatic hydroxyl groups excluding tert-OH is 1. The predicted octanol–water partition coefficient (Wildman–Crippen LogP) is 2.99. The van der Waals surface area contributed by atoms with Crippen molar-refractivity contribution in [2.24, 2.45) is 0 Å². The van der Waals surface area contributed by atoms with Crippen LogP contribution in [0.15, 0.2) is 53.0 Å². The number of aromatic nitrogens is 1. The molecule has 0 aliphatic heterocycles. The zero-order chi connectivity index (χ0) is 20.9. The van der Waals surface area contributed by atoms with Gasteiger partial charge in [-0.05, 0) is 43.7 Å². The molecule has 150 valence electrons. The lowest BCUT2D eigenvalue weighted by atomic mass is 10.0. The molecule has 2 rings (SSSR count). The maximum atomic E-state index is 13.1. The Morgan fingerprint density at radius 3 is 2.57 bits per heavy atom. The Balaban J connectivity index is 2.33. The van der Waals surface area contributed by atoms with Crippen LogP contribution in [-0.4, -0.2) is 31.7 Å². The van der Waals surface area contributed by atoms with Crippen LogP contribution in [0.25, 0.3) is 11.4 Å². The average Bonchev–Trinajstić information content (AvgIpc) is 2.65. The number of pyridine rings is 1. The van der Waals surface area contributed by atoms with Gasteiger partial charge in [0.15, 0.2) is 0 Å². The quantitative estimate of drug-likeness (QED) is 0.604. The molecular formula is C19H21ClFN3O3S. The van der Waals surface area contributed by atoms with E-state index < -0.39 is 15.8 Å². The molecule has 1 aromatic carbocycles. The molecule has 0 spiro atoms. The van der Waals surface area contributed by atoms with Crippen LogP contribution in [0.1, 0.15) is 23.7 Å². The summed E-state index contributed by atoms with van der Waals surface area (Å²) in [5.74, 6) is -0.455. The molecule has 9 heteroatoms. The number of nitrogens with one attached hydrogen (secondary N) is 2. The summed E-state index contributed by atoms with van der Waals surface area (Å²) < 4.78 is 39.8. The normalized spacial score (nSPS) is 12.5. The van der Waals surface area contributed by atoms with E-state index in [1.165, 1.54) is 24.3 Å². The third-order valence-electron chi connectivity index (χ3n) is 3.84. The predicted molar refractivity (Wildman–Crippen MR) is 108 cm³/mol. The molecule has 28 heavy (non-hydrogen) atoms. The number of allylic oxidation sites excluding steroid dienone is 1. The van der Waals surface area contributed by atoms with Crippen molar-refractivity contribution in [3.05, 3.63) is 70.8 Å². The molecule has 1 aromatic heterocycles. The summed E-state index contributed by atoms with van der Waals surface area (Å²) in [5, 5.41) is 12.3. The fourth-order valence-corrected chi connectivity index (χ4v) is 3.71. The third kappa shape index (κ3) is 5.39. The first kappa shape index (κ1) is 22.0. The van der Waals surface area contributed by atoms with Gasteiger partial charge in [-0.25, -0.2) is 17.5 Å². The van der Waals surface area contributed by atoms with Gasteiger partial charge >= 0.3 is 0 Å². The first-order valence-corrected chi connectivity index (χ1v) is 10.2. The number of hydrogen-bond donors (Lipinski definition) is 3. The number of rotatable bonds is 8. The van der Waals surface area contributed by atoms with Gasteiger partial charge in [-0.1, -0.05) is 24.2 Å². The van der Waals surface area contributed by atoms with Crippen molar-refractivity contribution in [1.29, 1.82) is 0 Å². The second-order valence-corrected chi connectivity index (χ2v) is 8.31. The van der Waals surface area contributed by atoms with Gasteiger partial charge in [0, 0.05) is 17.1 Å². The number of benzene rings is 1. The van der Waals surface area contributed by atoms with Crippen molar-refractivity contribution in [2.45, 2.75) is 18.7 Å². The molecule has 0 radical (unpaired) electrons. The van der Waals surface area contributed by atoms with Gasteiger partial charge in [0.05, 0.1) is 34.8 Å². The Hall–Kier alpha value is -2.26. The van der Waals surface area contributed by atoms with E-state index in [2.05, 4.69) is 21.6 Å². The Morgan fingerprint density at radius 1 is 1.32 bits per heavy atom. The van der Waals surface area contributed by atoms with E-state index in [-0.39, 0.29) is 18.0 Å². The highest BCUT2D eigenvalue weighted by atomic mass is 35.5. The Morgan fingerprint density at radius 2 is 2.04 bits per heavy atom. The molecule has 0 aliphatic rings. The summed E-state index contributed by atoms with van der Waals surface area (Å²) >= 11 is 6.24. The highest BCUT2D eigenvalue weighted by molar-refractivity contribution is 7.89. The maximum Gasteiger partial charge on any atom is 0.240 e. The molecular weight excluding hydrogens is 405 g/mol. The van der Waals surface area contributed by atoms with E-state index in [0.29, 0.717) is 33.2 Å². The van der Waals surface area contributed by atoms with Crippen molar-refractivity contribution in [2.75, 3.05) is 13.2 Å². The smallest absolute Gasteiger partial charge is 0.240 e.